The van der Waals surface area contributed by atoms with Crippen molar-refractivity contribution in [1.29, 1.82) is 0 Å². The Morgan fingerprint density at radius 3 is 2.14 bits per heavy atom. The Balaban J connectivity index is 2.57. The predicted molar refractivity (Wildman–Crippen MR) is 55.1 cm³/mol. The first-order valence-electron chi connectivity index (χ1n) is 4.83. The maximum atomic E-state index is 11.0. The van der Waals surface area contributed by atoms with Crippen LogP contribution in [0.1, 0.15) is 33.6 Å². The fourth-order valence-corrected chi connectivity index (χ4v) is 2.79. The van der Waals surface area contributed by atoms with E-state index in [0.717, 1.165) is 12.8 Å². The number of aliphatic hydroxyl groups is 1. The Kier molecular flexibility index (Phi) is 2.96. The molecule has 3 N–H and O–H groups in total. The highest BCUT2D eigenvalue weighted by atomic mass is 32.2. The molecule has 0 aromatic carbocycles. The second-order valence-electron chi connectivity index (χ2n) is 5.12. The zero-order valence-electron chi connectivity index (χ0n) is 8.90. The molecule has 0 aromatic rings. The standard InChI is InChI=1S/C9H19NO3S/c1-6(14(10,12)13)8(11)7-4-9(2,3)5-7/h6-8,11H,4-5H2,1-3H3,(H2,10,12,13)/t6-,8+/m0/s1. The molecule has 1 saturated carbocycles. The highest BCUT2D eigenvalue weighted by Crippen LogP contribution is 2.47. The molecule has 0 aliphatic heterocycles. The first-order chi connectivity index (χ1) is 6.13. The molecule has 1 aliphatic carbocycles. The first-order valence-corrected chi connectivity index (χ1v) is 6.44. The third-order valence-corrected chi connectivity index (χ3v) is 4.43. The molecular weight excluding hydrogens is 202 g/mol. The molecule has 84 valence electrons. The minimum absolute atomic E-state index is 0.0818. The average molecular weight is 221 g/mol. The van der Waals surface area contributed by atoms with Gasteiger partial charge in [0.15, 0.2) is 0 Å². The molecule has 0 unspecified atom stereocenters. The monoisotopic (exact) mass is 221 g/mol. The number of nitrogens with two attached hydrogens (primary N) is 1. The van der Waals surface area contributed by atoms with Gasteiger partial charge in [-0.3, -0.25) is 0 Å². The average Bonchev–Trinajstić information content (AvgIpc) is 1.95. The number of primary sulfonamides is 1. The SMILES string of the molecule is C[C@@H]([C@@H](O)C1CC(C)(C)C1)S(N)(=O)=O. The lowest BCUT2D eigenvalue weighted by Gasteiger charge is -2.45. The Morgan fingerprint density at radius 2 is 1.86 bits per heavy atom. The quantitative estimate of drug-likeness (QED) is 0.726. The highest BCUT2D eigenvalue weighted by Gasteiger charge is 2.43. The van der Waals surface area contributed by atoms with E-state index in [1.165, 1.54) is 6.92 Å². The van der Waals surface area contributed by atoms with Gasteiger partial charge in [-0.05, 0) is 31.1 Å². The van der Waals surface area contributed by atoms with Crippen molar-refractivity contribution in [2.75, 3.05) is 0 Å². The molecule has 1 fully saturated rings. The van der Waals surface area contributed by atoms with Gasteiger partial charge in [0.2, 0.25) is 10.0 Å². The maximum Gasteiger partial charge on any atom is 0.214 e. The molecule has 5 heteroatoms. The van der Waals surface area contributed by atoms with E-state index >= 15 is 0 Å². The van der Waals surface area contributed by atoms with Crippen molar-refractivity contribution in [3.8, 4) is 0 Å². The van der Waals surface area contributed by atoms with E-state index in [1.807, 2.05) is 0 Å². The van der Waals surface area contributed by atoms with E-state index in [-0.39, 0.29) is 11.3 Å². The van der Waals surface area contributed by atoms with Crippen LogP contribution in [0.25, 0.3) is 0 Å². The summed E-state index contributed by atoms with van der Waals surface area (Å²) in [6.07, 6.45) is 0.917. The first kappa shape index (κ1) is 11.9. The second-order valence-corrected chi connectivity index (χ2v) is 7.04. The Bertz CT molecular complexity index is 302. The second kappa shape index (κ2) is 3.47. The third-order valence-electron chi connectivity index (χ3n) is 3.11. The zero-order chi connectivity index (χ0) is 11.1. The van der Waals surface area contributed by atoms with Gasteiger partial charge in [-0.2, -0.15) is 0 Å². The Morgan fingerprint density at radius 1 is 1.43 bits per heavy atom. The summed E-state index contributed by atoms with van der Waals surface area (Å²) in [7, 11) is -3.61. The van der Waals surface area contributed by atoms with Gasteiger partial charge in [-0.1, -0.05) is 13.8 Å². The van der Waals surface area contributed by atoms with Crippen LogP contribution in [-0.4, -0.2) is 24.9 Å². The van der Waals surface area contributed by atoms with Crippen molar-refractivity contribution in [3.63, 3.8) is 0 Å². The largest absolute Gasteiger partial charge is 0.391 e. The molecule has 0 heterocycles. The van der Waals surface area contributed by atoms with Crippen LogP contribution in [0.5, 0.6) is 0 Å². The summed E-state index contributed by atoms with van der Waals surface area (Å²) in [6, 6.07) is 0. The molecule has 0 amide bonds. The molecule has 0 aromatic heterocycles. The predicted octanol–water partition coefficient (Wildman–Crippen LogP) is 0.461. The minimum Gasteiger partial charge on any atom is -0.391 e. The van der Waals surface area contributed by atoms with E-state index in [4.69, 9.17) is 5.14 Å². The number of sulfonamides is 1. The van der Waals surface area contributed by atoms with Gasteiger partial charge in [-0.15, -0.1) is 0 Å². The fraction of sp³-hybridized carbons (Fsp3) is 1.00. The summed E-state index contributed by atoms with van der Waals surface area (Å²) in [6.45, 7) is 5.68. The van der Waals surface area contributed by atoms with Crippen LogP contribution in [0.2, 0.25) is 0 Å². The van der Waals surface area contributed by atoms with E-state index in [0.29, 0.717) is 0 Å². The summed E-state index contributed by atoms with van der Waals surface area (Å²) in [5.74, 6) is 0.0818. The normalized spacial score (nSPS) is 26.6. The van der Waals surface area contributed by atoms with Crippen molar-refractivity contribution < 1.29 is 13.5 Å². The van der Waals surface area contributed by atoms with Gasteiger partial charge in [0.05, 0.1) is 11.4 Å². The van der Waals surface area contributed by atoms with E-state index < -0.39 is 21.4 Å². The molecule has 4 nitrogen and oxygen atoms in total. The van der Waals surface area contributed by atoms with Crippen molar-refractivity contribution in [3.05, 3.63) is 0 Å². The maximum absolute atomic E-state index is 11.0. The van der Waals surface area contributed by atoms with Gasteiger partial charge >= 0.3 is 0 Å². The number of hydrogen-bond donors (Lipinski definition) is 2. The molecule has 1 aliphatic rings. The third kappa shape index (κ3) is 2.46. The molecule has 0 saturated heterocycles. The van der Waals surface area contributed by atoms with E-state index in [2.05, 4.69) is 13.8 Å². The van der Waals surface area contributed by atoms with E-state index in [9.17, 15) is 13.5 Å². The van der Waals surface area contributed by atoms with Crippen molar-refractivity contribution in [2.24, 2.45) is 16.5 Å². The number of aliphatic hydroxyl groups excluding tert-OH is 1. The summed E-state index contributed by atoms with van der Waals surface area (Å²) >= 11 is 0. The smallest absolute Gasteiger partial charge is 0.214 e. The van der Waals surface area contributed by atoms with Gasteiger partial charge in [0, 0.05) is 0 Å². The minimum atomic E-state index is -3.61. The fourth-order valence-electron chi connectivity index (χ4n) is 2.18. The van der Waals surface area contributed by atoms with Gasteiger partial charge in [0.25, 0.3) is 0 Å². The molecule has 2 atom stereocenters. The lowest BCUT2D eigenvalue weighted by atomic mass is 9.62. The topological polar surface area (TPSA) is 80.4 Å². The van der Waals surface area contributed by atoms with Crippen LogP contribution in [-0.2, 0) is 10.0 Å². The van der Waals surface area contributed by atoms with Crippen molar-refractivity contribution in [2.45, 2.75) is 45.0 Å². The lowest BCUT2D eigenvalue weighted by Crippen LogP contribution is -2.47. The Hall–Kier alpha value is -0.130. The summed E-state index contributed by atoms with van der Waals surface area (Å²) in [4.78, 5) is 0. The molecule has 0 bridgehead atoms. The van der Waals surface area contributed by atoms with Crippen molar-refractivity contribution in [1.82, 2.24) is 0 Å². The molecule has 0 spiro atoms. The van der Waals surface area contributed by atoms with Crippen LogP contribution in [0.4, 0.5) is 0 Å². The lowest BCUT2D eigenvalue weighted by molar-refractivity contribution is -0.0129. The Labute approximate surface area is 85.5 Å². The number of rotatable bonds is 3. The van der Waals surface area contributed by atoms with Crippen LogP contribution >= 0.6 is 0 Å². The van der Waals surface area contributed by atoms with Gasteiger partial charge in [0.1, 0.15) is 0 Å². The van der Waals surface area contributed by atoms with Gasteiger partial charge in [-0.25, -0.2) is 13.6 Å². The summed E-state index contributed by atoms with van der Waals surface area (Å²) in [5.41, 5.74) is 0.240. The van der Waals surface area contributed by atoms with Crippen LogP contribution in [0, 0.1) is 11.3 Å². The van der Waals surface area contributed by atoms with Crippen molar-refractivity contribution >= 4 is 10.0 Å². The zero-order valence-corrected chi connectivity index (χ0v) is 9.71. The number of hydrogen-bond acceptors (Lipinski definition) is 3. The molecular formula is C9H19NO3S. The molecule has 14 heavy (non-hydrogen) atoms. The molecule has 0 radical (unpaired) electrons. The summed E-state index contributed by atoms with van der Waals surface area (Å²) < 4.78 is 22.0. The summed E-state index contributed by atoms with van der Waals surface area (Å²) in [5, 5.41) is 13.9. The van der Waals surface area contributed by atoms with E-state index in [1.54, 1.807) is 0 Å². The van der Waals surface area contributed by atoms with Crippen LogP contribution < -0.4 is 5.14 Å². The van der Waals surface area contributed by atoms with Crippen LogP contribution in [0.15, 0.2) is 0 Å². The highest BCUT2D eigenvalue weighted by molar-refractivity contribution is 7.89. The van der Waals surface area contributed by atoms with Crippen LogP contribution in [0.3, 0.4) is 0 Å². The molecule has 1 rings (SSSR count). The van der Waals surface area contributed by atoms with Gasteiger partial charge < -0.3 is 5.11 Å².